The van der Waals surface area contributed by atoms with E-state index in [0.717, 1.165) is 5.56 Å². The van der Waals surface area contributed by atoms with Crippen molar-refractivity contribution < 1.29 is 13.6 Å². The highest BCUT2D eigenvalue weighted by molar-refractivity contribution is 5.79. The molecular formula is C24H23F2N5O2. The Morgan fingerprint density at radius 1 is 1.00 bits per heavy atom. The van der Waals surface area contributed by atoms with Crippen molar-refractivity contribution in [3.05, 3.63) is 88.0 Å². The second kappa shape index (κ2) is 9.72. The minimum Gasteiger partial charge on any atom is -0.356 e. The summed E-state index contributed by atoms with van der Waals surface area (Å²) < 4.78 is 29.0. The summed E-state index contributed by atoms with van der Waals surface area (Å²) in [6.07, 6.45) is 3.00. The number of nitrogens with one attached hydrogen (secondary N) is 1. The Morgan fingerprint density at radius 2 is 1.67 bits per heavy atom. The Morgan fingerprint density at radius 3 is 2.36 bits per heavy atom. The van der Waals surface area contributed by atoms with Crippen molar-refractivity contribution in [2.75, 3.05) is 6.54 Å². The van der Waals surface area contributed by atoms with Gasteiger partial charge in [0.2, 0.25) is 5.91 Å². The third-order valence-electron chi connectivity index (χ3n) is 5.33. The standard InChI is InChI=1S/C24H23F2N5O2/c1-16-21-15-31(20-10-8-19(26)9-11-20)29-23(21)24(33)30(28-16)14-2-3-22(32)27-13-12-17-4-6-18(25)7-5-17/h4-11,15H,2-3,12-14H2,1H3,(H,27,32). The molecule has 1 amide bonds. The number of hydrogen-bond donors (Lipinski definition) is 1. The first kappa shape index (κ1) is 22.3. The number of aromatic nitrogens is 4. The Bertz CT molecular complexity index is 1330. The van der Waals surface area contributed by atoms with E-state index in [1.807, 2.05) is 0 Å². The molecule has 0 fully saturated rings. The van der Waals surface area contributed by atoms with Crippen LogP contribution in [0.1, 0.15) is 24.1 Å². The molecule has 0 aliphatic rings. The molecule has 0 radical (unpaired) electrons. The molecule has 0 saturated heterocycles. The second-order valence-electron chi connectivity index (χ2n) is 7.76. The lowest BCUT2D eigenvalue weighted by molar-refractivity contribution is -0.121. The number of carbonyl (C=O) groups is 1. The van der Waals surface area contributed by atoms with Gasteiger partial charge in [0.05, 0.1) is 11.4 Å². The first-order valence-electron chi connectivity index (χ1n) is 10.6. The Kier molecular flexibility index (Phi) is 6.58. The highest BCUT2D eigenvalue weighted by atomic mass is 19.1. The van der Waals surface area contributed by atoms with Gasteiger partial charge in [0, 0.05) is 31.1 Å². The number of fused-ring (bicyclic) bond motifs is 1. The summed E-state index contributed by atoms with van der Waals surface area (Å²) in [4.78, 5) is 25.0. The molecule has 2 heterocycles. The number of halogens is 2. The van der Waals surface area contributed by atoms with Gasteiger partial charge in [-0.3, -0.25) is 9.59 Å². The normalized spacial score (nSPS) is 11.1. The van der Waals surface area contributed by atoms with Gasteiger partial charge in [-0.25, -0.2) is 18.1 Å². The zero-order valence-corrected chi connectivity index (χ0v) is 18.1. The number of amides is 1. The molecule has 1 N–H and O–H groups in total. The fourth-order valence-corrected chi connectivity index (χ4v) is 3.55. The van der Waals surface area contributed by atoms with E-state index in [4.69, 9.17) is 0 Å². The maximum atomic E-state index is 13.2. The summed E-state index contributed by atoms with van der Waals surface area (Å²) >= 11 is 0. The van der Waals surface area contributed by atoms with Crippen LogP contribution >= 0.6 is 0 Å². The molecule has 2 aromatic carbocycles. The van der Waals surface area contributed by atoms with E-state index in [1.165, 1.54) is 33.6 Å². The summed E-state index contributed by atoms with van der Waals surface area (Å²) in [7, 11) is 0. The smallest absolute Gasteiger partial charge is 0.295 e. The summed E-state index contributed by atoms with van der Waals surface area (Å²) in [6, 6.07) is 12.0. The molecule has 170 valence electrons. The molecule has 7 nitrogen and oxygen atoms in total. The van der Waals surface area contributed by atoms with E-state index in [0.29, 0.717) is 36.2 Å². The monoisotopic (exact) mass is 451 g/mol. The number of rotatable bonds is 8. The van der Waals surface area contributed by atoms with Gasteiger partial charge < -0.3 is 5.32 Å². The minimum atomic E-state index is -0.352. The van der Waals surface area contributed by atoms with E-state index >= 15 is 0 Å². The summed E-state index contributed by atoms with van der Waals surface area (Å²) in [5.41, 5.74) is 2.15. The maximum absolute atomic E-state index is 13.2. The third-order valence-corrected chi connectivity index (χ3v) is 5.33. The lowest BCUT2D eigenvalue weighted by Gasteiger charge is -2.07. The van der Waals surface area contributed by atoms with Crippen molar-refractivity contribution in [1.29, 1.82) is 0 Å². The maximum Gasteiger partial charge on any atom is 0.295 e. The van der Waals surface area contributed by atoms with Crippen LogP contribution in [-0.4, -0.2) is 32.0 Å². The summed E-state index contributed by atoms with van der Waals surface area (Å²) in [6.45, 7) is 2.52. The predicted octanol–water partition coefficient (Wildman–Crippen LogP) is 3.31. The van der Waals surface area contributed by atoms with Gasteiger partial charge in [0.15, 0.2) is 5.52 Å². The topological polar surface area (TPSA) is 81.8 Å². The van der Waals surface area contributed by atoms with Crippen LogP contribution in [0.4, 0.5) is 8.78 Å². The summed E-state index contributed by atoms with van der Waals surface area (Å²) in [5, 5.41) is 12.2. The van der Waals surface area contributed by atoms with Crippen molar-refractivity contribution in [2.24, 2.45) is 0 Å². The Balaban J connectivity index is 1.35. The van der Waals surface area contributed by atoms with Crippen LogP contribution in [0.15, 0.2) is 59.5 Å². The molecular weight excluding hydrogens is 428 g/mol. The Labute approximate surface area is 188 Å². The van der Waals surface area contributed by atoms with Crippen LogP contribution in [0, 0.1) is 18.6 Å². The predicted molar refractivity (Wildman–Crippen MR) is 120 cm³/mol. The van der Waals surface area contributed by atoms with Crippen LogP contribution in [-0.2, 0) is 17.8 Å². The van der Waals surface area contributed by atoms with Crippen molar-refractivity contribution in [2.45, 2.75) is 32.7 Å². The fraction of sp³-hybridized carbons (Fsp3) is 0.250. The van der Waals surface area contributed by atoms with Gasteiger partial charge in [-0.05, 0) is 61.7 Å². The van der Waals surface area contributed by atoms with E-state index in [1.54, 1.807) is 37.4 Å². The molecule has 9 heteroatoms. The molecule has 0 spiro atoms. The first-order valence-corrected chi connectivity index (χ1v) is 10.6. The van der Waals surface area contributed by atoms with Crippen molar-refractivity contribution in [1.82, 2.24) is 24.9 Å². The van der Waals surface area contributed by atoms with Crippen LogP contribution in [0.25, 0.3) is 16.6 Å². The quantitative estimate of drug-likeness (QED) is 0.446. The molecule has 2 aromatic heterocycles. The van der Waals surface area contributed by atoms with Gasteiger partial charge in [0.25, 0.3) is 5.56 Å². The van der Waals surface area contributed by atoms with Crippen LogP contribution in [0.3, 0.4) is 0 Å². The third kappa shape index (κ3) is 5.31. The number of hydrogen-bond acceptors (Lipinski definition) is 4. The second-order valence-corrected chi connectivity index (χ2v) is 7.76. The lowest BCUT2D eigenvalue weighted by Crippen LogP contribution is -2.27. The number of nitrogens with zero attached hydrogens (tertiary/aromatic N) is 4. The van der Waals surface area contributed by atoms with Gasteiger partial charge >= 0.3 is 0 Å². The fourth-order valence-electron chi connectivity index (χ4n) is 3.55. The van der Waals surface area contributed by atoms with Gasteiger partial charge in [-0.1, -0.05) is 12.1 Å². The number of carbonyl (C=O) groups excluding carboxylic acids is 1. The molecule has 0 aliphatic carbocycles. The van der Waals surface area contributed by atoms with Crippen molar-refractivity contribution in [3.8, 4) is 5.69 Å². The number of benzene rings is 2. The van der Waals surface area contributed by atoms with E-state index in [2.05, 4.69) is 15.5 Å². The molecule has 4 rings (SSSR count). The zero-order valence-electron chi connectivity index (χ0n) is 18.1. The highest BCUT2D eigenvalue weighted by Gasteiger charge is 2.13. The zero-order chi connectivity index (χ0) is 23.4. The highest BCUT2D eigenvalue weighted by Crippen LogP contribution is 2.16. The largest absolute Gasteiger partial charge is 0.356 e. The van der Waals surface area contributed by atoms with Gasteiger partial charge in [0.1, 0.15) is 11.6 Å². The molecule has 0 bridgehead atoms. The van der Waals surface area contributed by atoms with Crippen LogP contribution in [0.2, 0.25) is 0 Å². The van der Waals surface area contributed by atoms with Crippen molar-refractivity contribution in [3.63, 3.8) is 0 Å². The molecule has 0 aliphatic heterocycles. The van der Waals surface area contributed by atoms with Gasteiger partial charge in [-0.2, -0.15) is 10.2 Å². The Hall–Kier alpha value is -3.88. The average molecular weight is 451 g/mol. The first-order chi connectivity index (χ1) is 15.9. The number of aryl methyl sites for hydroxylation is 2. The SMILES string of the molecule is Cc1nn(CCCC(=O)NCCc2ccc(F)cc2)c(=O)c2nn(-c3ccc(F)cc3)cc12. The van der Waals surface area contributed by atoms with Gasteiger partial charge in [-0.15, -0.1) is 0 Å². The molecule has 4 aromatic rings. The molecule has 33 heavy (non-hydrogen) atoms. The van der Waals surface area contributed by atoms with E-state index < -0.39 is 0 Å². The van der Waals surface area contributed by atoms with E-state index in [9.17, 15) is 18.4 Å². The van der Waals surface area contributed by atoms with Crippen LogP contribution in [0.5, 0.6) is 0 Å². The molecule has 0 unspecified atom stereocenters. The van der Waals surface area contributed by atoms with E-state index in [-0.39, 0.29) is 41.6 Å². The lowest BCUT2D eigenvalue weighted by atomic mass is 10.1. The molecule has 0 atom stereocenters. The minimum absolute atomic E-state index is 0.122. The average Bonchev–Trinajstić information content (AvgIpc) is 3.25. The van der Waals surface area contributed by atoms with Crippen molar-refractivity contribution >= 4 is 16.8 Å². The molecule has 0 saturated carbocycles. The van der Waals surface area contributed by atoms with Crippen LogP contribution < -0.4 is 10.9 Å². The summed E-state index contributed by atoms with van der Waals surface area (Å²) in [5.74, 6) is -0.763.